The molecule has 0 saturated heterocycles. The van der Waals surface area contributed by atoms with Crippen molar-refractivity contribution >= 4 is 29.3 Å². The number of hydrogen-bond donors (Lipinski definition) is 1. The highest BCUT2D eigenvalue weighted by Gasteiger charge is 2.06. The highest BCUT2D eigenvalue weighted by molar-refractivity contribution is 6.30. The number of carbonyl (C=O) groups excluding carboxylic acids is 1. The molecule has 1 N–H and O–H groups in total. The van der Waals surface area contributed by atoms with E-state index in [9.17, 15) is 4.79 Å². The zero-order chi connectivity index (χ0) is 19.4. The second kappa shape index (κ2) is 8.05. The van der Waals surface area contributed by atoms with Crippen molar-refractivity contribution in [1.29, 1.82) is 0 Å². The molecule has 2 heterocycles. The van der Waals surface area contributed by atoms with E-state index < -0.39 is 0 Å². The van der Waals surface area contributed by atoms with E-state index in [-0.39, 0.29) is 5.91 Å². The van der Waals surface area contributed by atoms with Gasteiger partial charge in [-0.3, -0.25) is 4.79 Å². The van der Waals surface area contributed by atoms with Crippen molar-refractivity contribution in [3.8, 4) is 11.6 Å². The summed E-state index contributed by atoms with van der Waals surface area (Å²) in [6, 6.07) is 10.8. The van der Waals surface area contributed by atoms with Crippen LogP contribution in [0.2, 0.25) is 5.02 Å². The Morgan fingerprint density at radius 1 is 1.22 bits per heavy atom. The first-order chi connectivity index (χ1) is 13.0. The smallest absolute Gasteiger partial charge is 0.248 e. The van der Waals surface area contributed by atoms with E-state index in [1.807, 2.05) is 19.9 Å². The zero-order valence-electron chi connectivity index (χ0n) is 15.2. The summed E-state index contributed by atoms with van der Waals surface area (Å²) >= 11 is 5.99. The summed E-state index contributed by atoms with van der Waals surface area (Å²) in [5.74, 6) is 1.05. The van der Waals surface area contributed by atoms with Gasteiger partial charge in [0.2, 0.25) is 5.91 Å². The van der Waals surface area contributed by atoms with E-state index in [0.29, 0.717) is 22.3 Å². The van der Waals surface area contributed by atoms with Gasteiger partial charge < -0.3 is 10.1 Å². The van der Waals surface area contributed by atoms with E-state index in [1.165, 1.54) is 6.08 Å². The van der Waals surface area contributed by atoms with Gasteiger partial charge in [-0.05, 0) is 56.3 Å². The lowest BCUT2D eigenvalue weighted by molar-refractivity contribution is -0.111. The highest BCUT2D eigenvalue weighted by atomic mass is 35.5. The van der Waals surface area contributed by atoms with Crippen LogP contribution in [0.5, 0.6) is 5.75 Å². The van der Waals surface area contributed by atoms with E-state index in [0.717, 1.165) is 17.0 Å². The number of carbonyl (C=O) groups is 1. The molecule has 0 radical (unpaired) electrons. The van der Waals surface area contributed by atoms with Gasteiger partial charge in [0.15, 0.2) is 5.82 Å². The third kappa shape index (κ3) is 4.54. The van der Waals surface area contributed by atoms with Crippen molar-refractivity contribution in [2.75, 3.05) is 12.4 Å². The molecular formula is C20H19ClN4O2. The maximum absolute atomic E-state index is 12.2. The molecule has 2 aromatic heterocycles. The fourth-order valence-corrected chi connectivity index (χ4v) is 2.81. The summed E-state index contributed by atoms with van der Waals surface area (Å²) in [5.41, 5.74) is 3.23. The van der Waals surface area contributed by atoms with Crippen molar-refractivity contribution in [3.63, 3.8) is 0 Å². The Hall–Kier alpha value is -3.12. The van der Waals surface area contributed by atoms with Crippen LogP contribution in [0.25, 0.3) is 11.9 Å². The molecule has 0 unspecified atom stereocenters. The summed E-state index contributed by atoms with van der Waals surface area (Å²) in [6.45, 7) is 3.89. The molecule has 0 bridgehead atoms. The van der Waals surface area contributed by atoms with Gasteiger partial charge in [0.05, 0.1) is 24.7 Å². The summed E-state index contributed by atoms with van der Waals surface area (Å²) < 4.78 is 7.01. The van der Waals surface area contributed by atoms with Crippen molar-refractivity contribution in [1.82, 2.24) is 14.8 Å². The fourth-order valence-electron chi connectivity index (χ4n) is 2.63. The van der Waals surface area contributed by atoms with Crippen molar-refractivity contribution < 1.29 is 9.53 Å². The molecule has 27 heavy (non-hydrogen) atoms. The maximum atomic E-state index is 12.2. The number of benzene rings is 1. The molecule has 0 aliphatic rings. The molecule has 0 fully saturated rings. The number of rotatable bonds is 5. The van der Waals surface area contributed by atoms with Gasteiger partial charge in [-0.2, -0.15) is 5.10 Å². The standard InChI is InChI=1S/C20H19ClN4O2/c1-13-10-14(2)25(24-13)19-8-6-17(12-22-19)23-20(26)9-4-15-11-16(21)5-7-18(15)27-3/h4-12H,1-3H3,(H,23,26)/b9-4+. The van der Waals surface area contributed by atoms with Gasteiger partial charge in [-0.25, -0.2) is 9.67 Å². The van der Waals surface area contributed by atoms with Crippen molar-refractivity contribution in [2.45, 2.75) is 13.8 Å². The van der Waals surface area contributed by atoms with Crippen LogP contribution in [0.1, 0.15) is 17.0 Å². The Kier molecular flexibility index (Phi) is 5.57. The third-order valence-corrected chi connectivity index (χ3v) is 4.08. The molecular weight excluding hydrogens is 364 g/mol. The van der Waals surface area contributed by atoms with Crippen LogP contribution in [0.3, 0.4) is 0 Å². The molecule has 0 atom stereocenters. The third-order valence-electron chi connectivity index (χ3n) is 3.85. The Balaban J connectivity index is 1.69. The first-order valence-electron chi connectivity index (χ1n) is 8.28. The lowest BCUT2D eigenvalue weighted by Crippen LogP contribution is -2.09. The summed E-state index contributed by atoms with van der Waals surface area (Å²) in [7, 11) is 1.57. The van der Waals surface area contributed by atoms with Gasteiger partial charge >= 0.3 is 0 Å². The second-order valence-corrected chi connectivity index (χ2v) is 6.39. The van der Waals surface area contributed by atoms with Crippen LogP contribution < -0.4 is 10.1 Å². The quantitative estimate of drug-likeness (QED) is 0.671. The number of nitrogens with one attached hydrogen (secondary N) is 1. The fraction of sp³-hybridized carbons (Fsp3) is 0.150. The normalized spacial score (nSPS) is 11.0. The average molecular weight is 383 g/mol. The first-order valence-corrected chi connectivity index (χ1v) is 8.66. The molecule has 3 rings (SSSR count). The zero-order valence-corrected chi connectivity index (χ0v) is 16.0. The van der Waals surface area contributed by atoms with E-state index in [2.05, 4.69) is 15.4 Å². The largest absolute Gasteiger partial charge is 0.496 e. The molecule has 0 spiro atoms. The van der Waals surface area contributed by atoms with Crippen molar-refractivity contribution in [3.05, 3.63) is 70.6 Å². The van der Waals surface area contributed by atoms with Gasteiger partial charge in [0.25, 0.3) is 0 Å². The van der Waals surface area contributed by atoms with Crippen LogP contribution in [0.4, 0.5) is 5.69 Å². The minimum absolute atomic E-state index is 0.280. The lowest BCUT2D eigenvalue weighted by atomic mass is 10.2. The molecule has 0 aliphatic carbocycles. The van der Waals surface area contributed by atoms with Crippen LogP contribution in [-0.4, -0.2) is 27.8 Å². The number of anilines is 1. The second-order valence-electron chi connectivity index (χ2n) is 5.95. The molecule has 0 aliphatic heterocycles. The van der Waals surface area contributed by atoms with Crippen LogP contribution in [-0.2, 0) is 4.79 Å². The Labute approximate surface area is 162 Å². The Morgan fingerprint density at radius 2 is 2.04 bits per heavy atom. The van der Waals surface area contributed by atoms with Crippen LogP contribution in [0, 0.1) is 13.8 Å². The number of aryl methyl sites for hydroxylation is 2. The molecule has 6 nitrogen and oxygen atoms in total. The van der Waals surface area contributed by atoms with Crippen LogP contribution >= 0.6 is 11.6 Å². The van der Waals surface area contributed by atoms with E-state index >= 15 is 0 Å². The van der Waals surface area contributed by atoms with Crippen molar-refractivity contribution in [2.24, 2.45) is 0 Å². The number of amides is 1. The minimum Gasteiger partial charge on any atom is -0.496 e. The molecule has 7 heteroatoms. The Bertz CT molecular complexity index is 994. The van der Waals surface area contributed by atoms with Crippen LogP contribution in [0.15, 0.2) is 48.7 Å². The summed E-state index contributed by atoms with van der Waals surface area (Å²) in [5, 5.41) is 7.73. The number of pyridine rings is 1. The number of ether oxygens (including phenoxy) is 1. The van der Waals surface area contributed by atoms with Gasteiger partial charge in [-0.1, -0.05) is 11.6 Å². The minimum atomic E-state index is -0.280. The molecule has 3 aromatic rings. The van der Waals surface area contributed by atoms with Gasteiger partial charge in [0.1, 0.15) is 5.75 Å². The molecule has 138 valence electrons. The first kappa shape index (κ1) is 18.7. The predicted molar refractivity (Wildman–Crippen MR) is 107 cm³/mol. The highest BCUT2D eigenvalue weighted by Crippen LogP contribution is 2.23. The molecule has 1 aromatic carbocycles. The van der Waals surface area contributed by atoms with E-state index in [4.69, 9.17) is 16.3 Å². The number of methoxy groups -OCH3 is 1. The summed E-state index contributed by atoms with van der Waals surface area (Å²) in [4.78, 5) is 16.5. The average Bonchev–Trinajstić information content (AvgIpc) is 2.99. The Morgan fingerprint density at radius 3 is 2.67 bits per heavy atom. The topological polar surface area (TPSA) is 69.0 Å². The SMILES string of the molecule is COc1ccc(Cl)cc1/C=C/C(=O)Nc1ccc(-n2nc(C)cc2C)nc1. The number of aromatic nitrogens is 3. The number of hydrogen-bond acceptors (Lipinski definition) is 4. The van der Waals surface area contributed by atoms with Gasteiger partial charge in [-0.15, -0.1) is 0 Å². The lowest BCUT2D eigenvalue weighted by Gasteiger charge is -2.06. The number of nitrogens with zero attached hydrogens (tertiary/aromatic N) is 3. The summed E-state index contributed by atoms with van der Waals surface area (Å²) in [6.07, 6.45) is 4.67. The van der Waals surface area contributed by atoms with E-state index in [1.54, 1.807) is 54.4 Å². The monoisotopic (exact) mass is 382 g/mol. The molecule has 1 amide bonds. The maximum Gasteiger partial charge on any atom is 0.248 e. The predicted octanol–water partition coefficient (Wildman–Crippen LogP) is 4.20. The number of halogens is 1. The van der Waals surface area contributed by atoms with Gasteiger partial charge in [0, 0.05) is 22.4 Å². The molecule has 0 saturated carbocycles.